The van der Waals surface area contributed by atoms with Gasteiger partial charge in [-0.05, 0) is 37.3 Å². The van der Waals surface area contributed by atoms with Crippen molar-refractivity contribution in [2.75, 3.05) is 0 Å². The minimum absolute atomic E-state index is 0.0718. The molecule has 0 radical (unpaired) electrons. The first-order valence-corrected chi connectivity index (χ1v) is 7.91. The summed E-state index contributed by atoms with van der Waals surface area (Å²) in [6, 6.07) is 5.44. The van der Waals surface area contributed by atoms with Crippen LogP contribution in [-0.2, 0) is 14.8 Å². The summed E-state index contributed by atoms with van der Waals surface area (Å²) in [4.78, 5) is 11.3. The van der Waals surface area contributed by atoms with Crippen molar-refractivity contribution in [2.45, 2.75) is 24.3 Å². The van der Waals surface area contributed by atoms with Crippen molar-refractivity contribution in [3.05, 3.63) is 54.4 Å². The molecule has 2 rings (SSSR count). The SMILES string of the molecule is CC(CC(=O)NS(=O)(=O)c1ccc(F)c(F)c1)n1cccc1. The molecule has 0 bridgehead atoms. The molecule has 1 N–H and O–H groups in total. The summed E-state index contributed by atoms with van der Waals surface area (Å²) in [7, 11) is -4.23. The molecule has 1 aromatic carbocycles. The predicted octanol–water partition coefficient (Wildman–Crippen LogP) is 2.22. The van der Waals surface area contributed by atoms with Gasteiger partial charge in [0.15, 0.2) is 11.6 Å². The van der Waals surface area contributed by atoms with Gasteiger partial charge in [-0.1, -0.05) is 0 Å². The third kappa shape index (κ3) is 3.70. The van der Waals surface area contributed by atoms with Gasteiger partial charge in [-0.3, -0.25) is 4.79 Å². The first-order chi connectivity index (χ1) is 10.3. The maximum absolute atomic E-state index is 13.1. The zero-order valence-corrected chi connectivity index (χ0v) is 12.5. The molecule has 118 valence electrons. The number of hydrogen-bond acceptors (Lipinski definition) is 3. The second kappa shape index (κ2) is 6.27. The smallest absolute Gasteiger partial charge is 0.264 e. The highest BCUT2D eigenvalue weighted by Crippen LogP contribution is 2.15. The highest BCUT2D eigenvalue weighted by atomic mass is 32.2. The normalized spacial score (nSPS) is 12.9. The molecule has 2 aromatic rings. The first-order valence-electron chi connectivity index (χ1n) is 6.43. The van der Waals surface area contributed by atoms with Crippen LogP contribution >= 0.6 is 0 Å². The number of carbonyl (C=O) groups excluding carboxylic acids is 1. The fraction of sp³-hybridized carbons (Fsp3) is 0.214. The first kappa shape index (κ1) is 16.2. The van der Waals surface area contributed by atoms with Gasteiger partial charge in [0.2, 0.25) is 5.91 Å². The molecule has 1 aromatic heterocycles. The average Bonchev–Trinajstić information content (AvgIpc) is 2.95. The van der Waals surface area contributed by atoms with Gasteiger partial charge in [-0.2, -0.15) is 0 Å². The van der Waals surface area contributed by atoms with Gasteiger partial charge in [0.05, 0.1) is 4.90 Å². The fourth-order valence-electron chi connectivity index (χ4n) is 1.91. The quantitative estimate of drug-likeness (QED) is 0.915. The zero-order chi connectivity index (χ0) is 16.3. The molecule has 0 aliphatic carbocycles. The van der Waals surface area contributed by atoms with Gasteiger partial charge in [0, 0.05) is 24.9 Å². The number of sulfonamides is 1. The topological polar surface area (TPSA) is 68.2 Å². The van der Waals surface area contributed by atoms with Gasteiger partial charge in [-0.15, -0.1) is 0 Å². The van der Waals surface area contributed by atoms with Crippen LogP contribution in [0.5, 0.6) is 0 Å². The van der Waals surface area contributed by atoms with Crippen molar-refractivity contribution >= 4 is 15.9 Å². The average molecular weight is 328 g/mol. The van der Waals surface area contributed by atoms with Gasteiger partial charge in [0.25, 0.3) is 10.0 Å². The molecule has 0 aliphatic rings. The number of amides is 1. The molecule has 0 saturated heterocycles. The Morgan fingerprint density at radius 1 is 1.23 bits per heavy atom. The highest BCUT2D eigenvalue weighted by Gasteiger charge is 2.20. The molecule has 0 saturated carbocycles. The number of benzene rings is 1. The standard InChI is InChI=1S/C14H14F2N2O3S/c1-10(18-6-2-3-7-18)8-14(19)17-22(20,21)11-4-5-12(15)13(16)9-11/h2-7,9-10H,8H2,1H3,(H,17,19). The predicted molar refractivity (Wildman–Crippen MR) is 75.4 cm³/mol. The summed E-state index contributed by atoms with van der Waals surface area (Å²) >= 11 is 0. The van der Waals surface area contributed by atoms with Crippen LogP contribution in [0, 0.1) is 11.6 Å². The Labute approximate surface area is 126 Å². The van der Waals surface area contributed by atoms with Gasteiger partial charge >= 0.3 is 0 Å². The summed E-state index contributed by atoms with van der Waals surface area (Å²) < 4.78 is 53.4. The van der Waals surface area contributed by atoms with Gasteiger partial charge in [0.1, 0.15) is 0 Å². The summed E-state index contributed by atoms with van der Waals surface area (Å²) in [6.07, 6.45) is 3.43. The highest BCUT2D eigenvalue weighted by molar-refractivity contribution is 7.90. The molecular weight excluding hydrogens is 314 g/mol. The van der Waals surface area contributed by atoms with E-state index >= 15 is 0 Å². The van der Waals surface area contributed by atoms with Crippen LogP contribution in [0.3, 0.4) is 0 Å². The Morgan fingerprint density at radius 2 is 1.86 bits per heavy atom. The Balaban J connectivity index is 2.08. The number of nitrogens with one attached hydrogen (secondary N) is 1. The van der Waals surface area contributed by atoms with E-state index < -0.39 is 32.5 Å². The monoisotopic (exact) mass is 328 g/mol. The van der Waals surface area contributed by atoms with Crippen LogP contribution in [0.1, 0.15) is 19.4 Å². The van der Waals surface area contributed by atoms with E-state index in [1.807, 2.05) is 4.72 Å². The number of aromatic nitrogens is 1. The lowest BCUT2D eigenvalue weighted by Gasteiger charge is -2.13. The molecule has 22 heavy (non-hydrogen) atoms. The van der Waals surface area contributed by atoms with Crippen molar-refractivity contribution < 1.29 is 22.0 Å². The Hall–Kier alpha value is -2.22. The van der Waals surface area contributed by atoms with Crippen LogP contribution in [-0.4, -0.2) is 18.9 Å². The largest absolute Gasteiger partial charge is 0.351 e. The van der Waals surface area contributed by atoms with E-state index in [0.717, 1.165) is 6.07 Å². The third-order valence-corrected chi connectivity index (χ3v) is 4.44. The molecule has 1 heterocycles. The van der Waals surface area contributed by atoms with Gasteiger partial charge < -0.3 is 4.57 Å². The second-order valence-electron chi connectivity index (χ2n) is 4.79. The summed E-state index contributed by atoms with van der Waals surface area (Å²) in [5.41, 5.74) is 0. The number of carbonyl (C=O) groups is 1. The minimum atomic E-state index is -4.23. The molecule has 1 unspecified atom stereocenters. The zero-order valence-electron chi connectivity index (χ0n) is 11.7. The maximum atomic E-state index is 13.1. The van der Waals surface area contributed by atoms with Crippen LogP contribution < -0.4 is 4.72 Å². The van der Waals surface area contributed by atoms with E-state index in [-0.39, 0.29) is 12.5 Å². The lowest BCUT2D eigenvalue weighted by molar-refractivity contribution is -0.120. The lowest BCUT2D eigenvalue weighted by atomic mass is 10.2. The minimum Gasteiger partial charge on any atom is -0.351 e. The Kier molecular flexibility index (Phi) is 4.60. The van der Waals surface area contributed by atoms with E-state index in [1.54, 1.807) is 36.0 Å². The molecule has 8 heteroatoms. The van der Waals surface area contributed by atoms with Crippen LogP contribution in [0.25, 0.3) is 0 Å². The fourth-order valence-corrected chi connectivity index (χ4v) is 2.92. The van der Waals surface area contributed by atoms with Crippen LogP contribution in [0.15, 0.2) is 47.6 Å². The molecule has 1 amide bonds. The third-order valence-electron chi connectivity index (χ3n) is 3.07. The summed E-state index contributed by atoms with van der Waals surface area (Å²) in [5.74, 6) is -3.19. The van der Waals surface area contributed by atoms with Crippen molar-refractivity contribution in [2.24, 2.45) is 0 Å². The number of hydrogen-bond donors (Lipinski definition) is 1. The molecular formula is C14H14F2N2O3S. The van der Waals surface area contributed by atoms with E-state index in [2.05, 4.69) is 0 Å². The molecule has 0 fully saturated rings. The second-order valence-corrected chi connectivity index (χ2v) is 6.47. The van der Waals surface area contributed by atoms with Crippen molar-refractivity contribution in [3.63, 3.8) is 0 Å². The van der Waals surface area contributed by atoms with Crippen molar-refractivity contribution in [1.29, 1.82) is 0 Å². The number of halogens is 2. The van der Waals surface area contributed by atoms with Crippen LogP contribution in [0.4, 0.5) is 8.78 Å². The number of rotatable bonds is 5. The van der Waals surface area contributed by atoms with Crippen molar-refractivity contribution in [1.82, 2.24) is 9.29 Å². The molecule has 0 spiro atoms. The van der Waals surface area contributed by atoms with Crippen LogP contribution in [0.2, 0.25) is 0 Å². The lowest BCUT2D eigenvalue weighted by Crippen LogP contribution is -2.32. The van der Waals surface area contributed by atoms with E-state index in [1.165, 1.54) is 0 Å². The Morgan fingerprint density at radius 3 is 2.45 bits per heavy atom. The molecule has 1 atom stereocenters. The summed E-state index contributed by atoms with van der Waals surface area (Å²) in [5, 5.41) is 0. The van der Waals surface area contributed by atoms with E-state index in [4.69, 9.17) is 0 Å². The van der Waals surface area contributed by atoms with Gasteiger partial charge in [-0.25, -0.2) is 21.9 Å². The summed E-state index contributed by atoms with van der Waals surface area (Å²) in [6.45, 7) is 1.75. The maximum Gasteiger partial charge on any atom is 0.264 e. The Bertz CT molecular complexity index is 773. The van der Waals surface area contributed by atoms with E-state index in [0.29, 0.717) is 12.1 Å². The molecule has 5 nitrogen and oxygen atoms in total. The van der Waals surface area contributed by atoms with E-state index in [9.17, 15) is 22.0 Å². The molecule has 0 aliphatic heterocycles. The number of nitrogens with zero attached hydrogens (tertiary/aromatic N) is 1. The van der Waals surface area contributed by atoms with Crippen molar-refractivity contribution in [3.8, 4) is 0 Å².